The van der Waals surface area contributed by atoms with Gasteiger partial charge in [0.2, 0.25) is 10.0 Å². The molecule has 21 heavy (non-hydrogen) atoms. The Hall–Kier alpha value is -0.850. The number of aryl methyl sites for hydroxylation is 2. The molecule has 5 nitrogen and oxygen atoms in total. The molecule has 0 amide bonds. The van der Waals surface area contributed by atoms with Crippen LogP contribution in [-0.4, -0.2) is 20.0 Å². The number of hydrogen-bond donors (Lipinski definition) is 2. The van der Waals surface area contributed by atoms with Crippen LogP contribution in [0.4, 0.5) is 0 Å². The minimum absolute atomic E-state index is 0.301. The predicted molar refractivity (Wildman–Crippen MR) is 82.7 cm³/mol. The van der Waals surface area contributed by atoms with Crippen LogP contribution in [-0.2, 0) is 16.6 Å². The van der Waals surface area contributed by atoms with Gasteiger partial charge in [0, 0.05) is 23.7 Å². The number of hydrogen-bond acceptors (Lipinski definition) is 4. The first-order valence-corrected chi connectivity index (χ1v) is 9.01. The SMILES string of the molecule is CCC(C)(C)NS(=O)(=O)c1c(C)oc(C)c1CNC1CC1. The molecule has 0 atom stereocenters. The molecule has 0 bridgehead atoms. The fraction of sp³-hybridized carbons (Fsp3) is 0.733. The van der Waals surface area contributed by atoms with Crippen LogP contribution in [0.3, 0.4) is 0 Å². The summed E-state index contributed by atoms with van der Waals surface area (Å²) in [6.07, 6.45) is 3.05. The lowest BCUT2D eigenvalue weighted by atomic mass is 10.0. The van der Waals surface area contributed by atoms with Crippen LogP contribution in [0.2, 0.25) is 0 Å². The summed E-state index contributed by atoms with van der Waals surface area (Å²) in [6.45, 7) is 9.80. The van der Waals surface area contributed by atoms with Gasteiger partial charge < -0.3 is 9.73 Å². The zero-order valence-electron chi connectivity index (χ0n) is 13.5. The lowest BCUT2D eigenvalue weighted by Gasteiger charge is -2.24. The molecule has 1 aromatic heterocycles. The van der Waals surface area contributed by atoms with Crippen molar-refractivity contribution in [2.75, 3.05) is 0 Å². The molecule has 0 radical (unpaired) electrons. The standard InChI is InChI=1S/C15H26N2O3S/c1-6-15(4,5)17-21(18,19)14-11(3)20-10(2)13(14)9-16-12-7-8-12/h12,16-17H,6-9H2,1-5H3. The molecule has 1 aliphatic rings. The van der Waals surface area contributed by atoms with Crippen LogP contribution in [0.15, 0.2) is 9.31 Å². The maximum atomic E-state index is 12.7. The van der Waals surface area contributed by atoms with E-state index in [2.05, 4.69) is 10.0 Å². The van der Waals surface area contributed by atoms with E-state index in [0.29, 0.717) is 29.0 Å². The topological polar surface area (TPSA) is 71.3 Å². The van der Waals surface area contributed by atoms with Crippen molar-refractivity contribution in [2.45, 2.75) is 76.9 Å². The summed E-state index contributed by atoms with van der Waals surface area (Å²) < 4.78 is 33.8. The van der Waals surface area contributed by atoms with Crippen LogP contribution in [0, 0.1) is 13.8 Å². The fourth-order valence-electron chi connectivity index (χ4n) is 2.29. The Labute approximate surface area is 127 Å². The number of rotatable bonds is 7. The molecule has 1 saturated carbocycles. The Morgan fingerprint density at radius 1 is 1.24 bits per heavy atom. The summed E-state index contributed by atoms with van der Waals surface area (Å²) >= 11 is 0. The van der Waals surface area contributed by atoms with Gasteiger partial charge in [0.1, 0.15) is 16.4 Å². The number of furan rings is 1. The van der Waals surface area contributed by atoms with Crippen molar-refractivity contribution in [2.24, 2.45) is 0 Å². The van der Waals surface area contributed by atoms with E-state index >= 15 is 0 Å². The Kier molecular flexibility index (Phi) is 4.52. The Bertz CT molecular complexity index is 613. The molecule has 6 heteroatoms. The second-order valence-corrected chi connectivity index (χ2v) is 8.14. The lowest BCUT2D eigenvalue weighted by Crippen LogP contribution is -2.43. The molecule has 0 saturated heterocycles. The van der Waals surface area contributed by atoms with Crippen molar-refractivity contribution in [3.05, 3.63) is 17.1 Å². The van der Waals surface area contributed by atoms with E-state index in [9.17, 15) is 8.42 Å². The van der Waals surface area contributed by atoms with Gasteiger partial charge in [0.15, 0.2) is 0 Å². The van der Waals surface area contributed by atoms with E-state index in [1.165, 1.54) is 12.8 Å². The zero-order valence-corrected chi connectivity index (χ0v) is 14.4. The highest BCUT2D eigenvalue weighted by Gasteiger charge is 2.32. The minimum Gasteiger partial charge on any atom is -0.465 e. The van der Waals surface area contributed by atoms with Gasteiger partial charge in [0.05, 0.1) is 0 Å². The largest absolute Gasteiger partial charge is 0.465 e. The molecule has 1 aliphatic carbocycles. The quantitative estimate of drug-likeness (QED) is 0.811. The average molecular weight is 314 g/mol. The first kappa shape index (κ1) is 16.5. The van der Waals surface area contributed by atoms with Crippen LogP contribution < -0.4 is 10.0 Å². The van der Waals surface area contributed by atoms with Crippen molar-refractivity contribution >= 4 is 10.0 Å². The molecule has 1 aromatic rings. The molecule has 0 unspecified atom stereocenters. The molecular formula is C15H26N2O3S. The van der Waals surface area contributed by atoms with Gasteiger partial charge in [-0.15, -0.1) is 0 Å². The van der Waals surface area contributed by atoms with Gasteiger partial charge in [-0.05, 0) is 47.0 Å². The van der Waals surface area contributed by atoms with Crippen LogP contribution in [0.1, 0.15) is 57.1 Å². The summed E-state index contributed by atoms with van der Waals surface area (Å²) in [6, 6.07) is 0.523. The Balaban J connectivity index is 2.32. The van der Waals surface area contributed by atoms with Crippen molar-refractivity contribution in [1.29, 1.82) is 0 Å². The van der Waals surface area contributed by atoms with E-state index in [1.54, 1.807) is 6.92 Å². The molecule has 0 aromatic carbocycles. The maximum Gasteiger partial charge on any atom is 0.244 e. The molecular weight excluding hydrogens is 288 g/mol. The van der Waals surface area contributed by atoms with Crippen LogP contribution in [0.5, 0.6) is 0 Å². The zero-order chi connectivity index (χ0) is 15.8. The smallest absolute Gasteiger partial charge is 0.244 e. The van der Waals surface area contributed by atoms with Gasteiger partial charge in [-0.3, -0.25) is 0 Å². The Morgan fingerprint density at radius 2 is 1.86 bits per heavy atom. The summed E-state index contributed by atoms with van der Waals surface area (Å²) in [5, 5.41) is 3.36. The normalized spacial score (nSPS) is 16.4. The molecule has 120 valence electrons. The average Bonchev–Trinajstić information content (AvgIpc) is 3.11. The van der Waals surface area contributed by atoms with Gasteiger partial charge in [-0.1, -0.05) is 6.92 Å². The number of sulfonamides is 1. The molecule has 0 spiro atoms. The van der Waals surface area contributed by atoms with Crippen LogP contribution in [0.25, 0.3) is 0 Å². The Morgan fingerprint density at radius 3 is 2.38 bits per heavy atom. The fourth-order valence-corrected chi connectivity index (χ4v) is 4.22. The van der Waals surface area contributed by atoms with Crippen molar-refractivity contribution < 1.29 is 12.8 Å². The molecule has 0 aliphatic heterocycles. The number of nitrogens with one attached hydrogen (secondary N) is 2. The van der Waals surface area contributed by atoms with E-state index in [1.807, 2.05) is 27.7 Å². The molecule has 2 rings (SSSR count). The van der Waals surface area contributed by atoms with Gasteiger partial charge in [-0.25, -0.2) is 13.1 Å². The highest BCUT2D eigenvalue weighted by molar-refractivity contribution is 7.89. The van der Waals surface area contributed by atoms with E-state index in [-0.39, 0.29) is 0 Å². The van der Waals surface area contributed by atoms with Crippen molar-refractivity contribution in [3.63, 3.8) is 0 Å². The third-order valence-corrected chi connectivity index (χ3v) is 5.93. The van der Waals surface area contributed by atoms with Crippen LogP contribution >= 0.6 is 0 Å². The van der Waals surface area contributed by atoms with Gasteiger partial charge >= 0.3 is 0 Å². The second-order valence-electron chi connectivity index (χ2n) is 6.52. The monoisotopic (exact) mass is 314 g/mol. The van der Waals surface area contributed by atoms with Crippen molar-refractivity contribution in [1.82, 2.24) is 10.0 Å². The van der Waals surface area contributed by atoms with E-state index in [0.717, 1.165) is 12.0 Å². The predicted octanol–water partition coefficient (Wildman–Crippen LogP) is 2.62. The summed E-state index contributed by atoms with van der Waals surface area (Å²) in [4.78, 5) is 0.301. The lowest BCUT2D eigenvalue weighted by molar-refractivity contribution is 0.437. The first-order valence-electron chi connectivity index (χ1n) is 7.52. The molecule has 1 fully saturated rings. The third-order valence-electron chi connectivity index (χ3n) is 4.03. The molecule has 1 heterocycles. The van der Waals surface area contributed by atoms with Gasteiger partial charge in [-0.2, -0.15) is 0 Å². The van der Waals surface area contributed by atoms with Crippen molar-refractivity contribution in [3.8, 4) is 0 Å². The highest BCUT2D eigenvalue weighted by atomic mass is 32.2. The first-order chi connectivity index (χ1) is 9.66. The minimum atomic E-state index is -3.58. The second kappa shape index (κ2) is 5.74. The summed E-state index contributed by atoms with van der Waals surface area (Å²) in [7, 11) is -3.58. The third kappa shape index (κ3) is 3.87. The van der Waals surface area contributed by atoms with E-state index < -0.39 is 15.6 Å². The maximum absolute atomic E-state index is 12.7. The molecule has 2 N–H and O–H groups in total. The highest BCUT2D eigenvalue weighted by Crippen LogP contribution is 2.29. The van der Waals surface area contributed by atoms with Gasteiger partial charge in [0.25, 0.3) is 0 Å². The van der Waals surface area contributed by atoms with E-state index in [4.69, 9.17) is 4.42 Å². The summed E-state index contributed by atoms with van der Waals surface area (Å²) in [5.41, 5.74) is 0.274. The summed E-state index contributed by atoms with van der Waals surface area (Å²) in [5.74, 6) is 1.13.